The van der Waals surface area contributed by atoms with E-state index in [1.54, 1.807) is 35.2 Å². The minimum atomic E-state index is -0.0582. The third-order valence-electron chi connectivity index (χ3n) is 4.52. The molecule has 0 unspecified atom stereocenters. The summed E-state index contributed by atoms with van der Waals surface area (Å²) in [6.07, 6.45) is 8.19. The van der Waals surface area contributed by atoms with Crippen LogP contribution in [0.25, 0.3) is 11.3 Å². The molecule has 1 aliphatic heterocycles. The van der Waals surface area contributed by atoms with Gasteiger partial charge in [0, 0.05) is 37.7 Å². The molecule has 1 aliphatic rings. The molecule has 0 saturated carbocycles. The Bertz CT molecular complexity index is 903. The van der Waals surface area contributed by atoms with E-state index >= 15 is 0 Å². The standard InChI is InChI=1S/C19H19N5O/c1-23-17(13-16(22-23)14-7-10-20-11-8-14)19(25)24-12-3-2-5-15-6-4-9-21-18(15)24/h4,6-11,13H,2-3,5,12H2,1H3. The van der Waals surface area contributed by atoms with Crippen LogP contribution < -0.4 is 4.90 Å². The van der Waals surface area contributed by atoms with Crippen molar-refractivity contribution in [3.05, 3.63) is 60.2 Å². The molecule has 6 heteroatoms. The monoisotopic (exact) mass is 333 g/mol. The van der Waals surface area contributed by atoms with Crippen LogP contribution in [0.1, 0.15) is 28.9 Å². The highest BCUT2D eigenvalue weighted by molar-refractivity contribution is 6.05. The average Bonchev–Trinajstić information content (AvgIpc) is 2.91. The van der Waals surface area contributed by atoms with Crippen LogP contribution >= 0.6 is 0 Å². The van der Waals surface area contributed by atoms with Crippen LogP contribution in [0.4, 0.5) is 5.82 Å². The highest BCUT2D eigenvalue weighted by Crippen LogP contribution is 2.26. The molecule has 0 aliphatic carbocycles. The Kier molecular flexibility index (Phi) is 4.01. The fraction of sp³-hybridized carbons (Fsp3) is 0.263. The minimum absolute atomic E-state index is 0.0582. The zero-order valence-corrected chi connectivity index (χ0v) is 14.1. The Morgan fingerprint density at radius 3 is 2.80 bits per heavy atom. The van der Waals surface area contributed by atoms with Crippen LogP contribution in [-0.2, 0) is 13.5 Å². The number of carbonyl (C=O) groups excluding carboxylic acids is 1. The lowest BCUT2D eigenvalue weighted by atomic mass is 10.1. The lowest BCUT2D eigenvalue weighted by Crippen LogP contribution is -2.33. The molecule has 126 valence electrons. The Morgan fingerprint density at radius 1 is 1.12 bits per heavy atom. The molecule has 0 N–H and O–H groups in total. The number of amides is 1. The summed E-state index contributed by atoms with van der Waals surface area (Å²) in [7, 11) is 1.80. The van der Waals surface area contributed by atoms with Crippen LogP contribution in [0, 0.1) is 0 Å². The highest BCUT2D eigenvalue weighted by atomic mass is 16.2. The van der Waals surface area contributed by atoms with Crippen molar-refractivity contribution in [2.24, 2.45) is 7.05 Å². The largest absolute Gasteiger partial charge is 0.291 e. The Morgan fingerprint density at radius 2 is 1.96 bits per heavy atom. The van der Waals surface area contributed by atoms with Crippen LogP contribution in [0.15, 0.2) is 48.9 Å². The van der Waals surface area contributed by atoms with Gasteiger partial charge in [0.05, 0.1) is 5.69 Å². The second-order valence-corrected chi connectivity index (χ2v) is 6.17. The Hall–Kier alpha value is -3.02. The molecule has 0 fully saturated rings. The molecule has 0 aromatic carbocycles. The number of carbonyl (C=O) groups is 1. The molecule has 3 aromatic rings. The van der Waals surface area contributed by atoms with Gasteiger partial charge in [-0.15, -0.1) is 0 Å². The smallest absolute Gasteiger partial charge is 0.277 e. The molecule has 4 rings (SSSR count). The normalized spacial score (nSPS) is 14.0. The van der Waals surface area contributed by atoms with Crippen LogP contribution in [0.5, 0.6) is 0 Å². The first-order valence-electron chi connectivity index (χ1n) is 8.44. The van der Waals surface area contributed by atoms with Crippen molar-refractivity contribution in [3.63, 3.8) is 0 Å². The highest BCUT2D eigenvalue weighted by Gasteiger charge is 2.26. The Labute approximate surface area is 146 Å². The van der Waals surface area contributed by atoms with Gasteiger partial charge in [-0.2, -0.15) is 5.10 Å². The van der Waals surface area contributed by atoms with E-state index in [2.05, 4.69) is 21.1 Å². The molecule has 4 heterocycles. The maximum Gasteiger partial charge on any atom is 0.277 e. The van der Waals surface area contributed by atoms with Gasteiger partial charge in [-0.25, -0.2) is 4.98 Å². The van der Waals surface area contributed by atoms with E-state index in [-0.39, 0.29) is 5.91 Å². The summed E-state index contributed by atoms with van der Waals surface area (Å²) in [6.45, 7) is 0.679. The van der Waals surface area contributed by atoms with Gasteiger partial charge in [0.2, 0.25) is 0 Å². The lowest BCUT2D eigenvalue weighted by molar-refractivity contribution is 0.0977. The summed E-state index contributed by atoms with van der Waals surface area (Å²) < 4.78 is 1.64. The molecule has 0 saturated heterocycles. The second kappa shape index (κ2) is 6.47. The first-order valence-corrected chi connectivity index (χ1v) is 8.44. The van der Waals surface area contributed by atoms with Gasteiger partial charge in [-0.05, 0) is 49.1 Å². The number of aryl methyl sites for hydroxylation is 2. The fourth-order valence-electron chi connectivity index (χ4n) is 3.23. The molecular weight excluding hydrogens is 314 g/mol. The number of nitrogens with zero attached hydrogens (tertiary/aromatic N) is 5. The third-order valence-corrected chi connectivity index (χ3v) is 4.52. The van der Waals surface area contributed by atoms with Crippen molar-refractivity contribution in [2.45, 2.75) is 19.3 Å². The van der Waals surface area contributed by atoms with Crippen LogP contribution in [0.2, 0.25) is 0 Å². The predicted octanol–water partition coefficient (Wildman–Crippen LogP) is 2.86. The van der Waals surface area contributed by atoms with Crippen molar-refractivity contribution in [3.8, 4) is 11.3 Å². The molecule has 6 nitrogen and oxygen atoms in total. The maximum absolute atomic E-state index is 13.2. The van der Waals surface area contributed by atoms with Gasteiger partial charge < -0.3 is 0 Å². The molecular formula is C19H19N5O. The number of aromatic nitrogens is 4. The molecule has 0 atom stereocenters. The van der Waals surface area contributed by atoms with Crippen molar-refractivity contribution in [1.82, 2.24) is 19.7 Å². The fourth-order valence-corrected chi connectivity index (χ4v) is 3.23. The number of anilines is 1. The second-order valence-electron chi connectivity index (χ2n) is 6.17. The van der Waals surface area contributed by atoms with Crippen molar-refractivity contribution in [2.75, 3.05) is 11.4 Å². The molecule has 0 spiro atoms. The van der Waals surface area contributed by atoms with E-state index in [0.29, 0.717) is 12.2 Å². The van der Waals surface area contributed by atoms with E-state index in [9.17, 15) is 4.79 Å². The molecule has 1 amide bonds. The number of pyridine rings is 2. The number of hydrogen-bond acceptors (Lipinski definition) is 4. The van der Waals surface area contributed by atoms with Gasteiger partial charge in [-0.3, -0.25) is 19.4 Å². The van der Waals surface area contributed by atoms with Crippen LogP contribution in [0.3, 0.4) is 0 Å². The van der Waals surface area contributed by atoms with Gasteiger partial charge >= 0.3 is 0 Å². The van der Waals surface area contributed by atoms with E-state index in [1.807, 2.05) is 24.3 Å². The SMILES string of the molecule is Cn1nc(-c2ccncc2)cc1C(=O)N1CCCCc2cccnc21. The summed E-state index contributed by atoms with van der Waals surface area (Å²) in [5.74, 6) is 0.716. The predicted molar refractivity (Wildman–Crippen MR) is 95.3 cm³/mol. The quantitative estimate of drug-likeness (QED) is 0.723. The van der Waals surface area contributed by atoms with E-state index < -0.39 is 0 Å². The van der Waals surface area contributed by atoms with Crippen molar-refractivity contribution in [1.29, 1.82) is 0 Å². The van der Waals surface area contributed by atoms with E-state index in [1.165, 1.54) is 0 Å². The molecule has 0 bridgehead atoms. The first kappa shape index (κ1) is 15.5. The average molecular weight is 333 g/mol. The van der Waals surface area contributed by atoms with E-state index in [0.717, 1.165) is 41.9 Å². The summed E-state index contributed by atoms with van der Waals surface area (Å²) in [5.41, 5.74) is 3.40. The van der Waals surface area contributed by atoms with Gasteiger partial charge in [-0.1, -0.05) is 6.07 Å². The maximum atomic E-state index is 13.2. The summed E-state index contributed by atoms with van der Waals surface area (Å²) in [6, 6.07) is 9.60. The third kappa shape index (κ3) is 2.91. The van der Waals surface area contributed by atoms with Gasteiger partial charge in [0.1, 0.15) is 11.5 Å². The summed E-state index contributed by atoms with van der Waals surface area (Å²) >= 11 is 0. The summed E-state index contributed by atoms with van der Waals surface area (Å²) in [4.78, 5) is 23.5. The van der Waals surface area contributed by atoms with Gasteiger partial charge in [0.25, 0.3) is 5.91 Å². The minimum Gasteiger partial charge on any atom is -0.291 e. The van der Waals surface area contributed by atoms with Gasteiger partial charge in [0.15, 0.2) is 0 Å². The zero-order chi connectivity index (χ0) is 17.2. The first-order chi connectivity index (χ1) is 12.2. The van der Waals surface area contributed by atoms with E-state index in [4.69, 9.17) is 0 Å². The number of hydrogen-bond donors (Lipinski definition) is 0. The van der Waals surface area contributed by atoms with Crippen LogP contribution in [-0.4, -0.2) is 32.2 Å². The molecule has 3 aromatic heterocycles. The molecule has 25 heavy (non-hydrogen) atoms. The molecule has 0 radical (unpaired) electrons. The number of fused-ring (bicyclic) bond motifs is 1. The number of rotatable bonds is 2. The lowest BCUT2D eigenvalue weighted by Gasteiger charge is -2.21. The van der Waals surface area contributed by atoms with Crippen molar-refractivity contribution >= 4 is 11.7 Å². The topological polar surface area (TPSA) is 63.9 Å². The van der Waals surface area contributed by atoms with Crippen molar-refractivity contribution < 1.29 is 4.79 Å². The zero-order valence-electron chi connectivity index (χ0n) is 14.1. The summed E-state index contributed by atoms with van der Waals surface area (Å²) in [5, 5.41) is 4.50. The Balaban J connectivity index is 1.71.